The van der Waals surface area contributed by atoms with E-state index in [1.54, 1.807) is 0 Å². The van der Waals surface area contributed by atoms with Crippen molar-refractivity contribution >= 4 is 27.3 Å². The normalized spacial score (nSPS) is 15.6. The van der Waals surface area contributed by atoms with Gasteiger partial charge in [-0.1, -0.05) is 40.2 Å². The highest BCUT2D eigenvalue weighted by Crippen LogP contribution is 2.22. The molecule has 2 aromatic rings. The molecule has 1 aliphatic rings. The Morgan fingerprint density at radius 2 is 1.47 bits per heavy atom. The van der Waals surface area contributed by atoms with Crippen LogP contribution in [0.5, 0.6) is 0 Å². The fourth-order valence-corrected chi connectivity index (χ4v) is 2.85. The van der Waals surface area contributed by atoms with Crippen molar-refractivity contribution in [2.24, 2.45) is 0 Å². The van der Waals surface area contributed by atoms with Gasteiger partial charge in [0.05, 0.1) is 0 Å². The summed E-state index contributed by atoms with van der Waals surface area (Å²) >= 11 is 3.48. The van der Waals surface area contributed by atoms with E-state index in [2.05, 4.69) is 74.3 Å². The standard InChI is InChI=1S/C16H16BrN2/c17-14-5-4-8-16(13-14)19-11-9-18(10-12-19)15-6-2-1-3-7-15/h1-4,6-8,13H,9-12H2. The molecular formula is C16H16BrN2. The summed E-state index contributed by atoms with van der Waals surface area (Å²) < 4.78 is 1.02. The van der Waals surface area contributed by atoms with Gasteiger partial charge in [-0.3, -0.25) is 0 Å². The Balaban J connectivity index is 1.67. The average Bonchev–Trinajstić information content (AvgIpc) is 2.48. The van der Waals surface area contributed by atoms with Gasteiger partial charge in [0.2, 0.25) is 0 Å². The number of rotatable bonds is 2. The number of piperazine rings is 1. The molecule has 0 aromatic heterocycles. The van der Waals surface area contributed by atoms with Crippen LogP contribution in [0.2, 0.25) is 0 Å². The largest absolute Gasteiger partial charge is 0.368 e. The maximum Gasteiger partial charge on any atom is 0.0379 e. The minimum Gasteiger partial charge on any atom is -0.368 e. The van der Waals surface area contributed by atoms with E-state index in [9.17, 15) is 0 Å². The van der Waals surface area contributed by atoms with Gasteiger partial charge >= 0.3 is 0 Å². The monoisotopic (exact) mass is 315 g/mol. The van der Waals surface area contributed by atoms with Gasteiger partial charge in [-0.2, -0.15) is 0 Å². The van der Waals surface area contributed by atoms with Crippen LogP contribution in [0.3, 0.4) is 0 Å². The van der Waals surface area contributed by atoms with Crippen LogP contribution in [-0.2, 0) is 0 Å². The molecule has 0 amide bonds. The summed E-state index contributed by atoms with van der Waals surface area (Å²) in [7, 11) is 0. The molecular weight excluding hydrogens is 300 g/mol. The first-order chi connectivity index (χ1) is 9.33. The molecule has 2 aromatic carbocycles. The van der Waals surface area contributed by atoms with Gasteiger partial charge in [-0.25, -0.2) is 0 Å². The molecule has 1 heterocycles. The predicted molar refractivity (Wildman–Crippen MR) is 83.8 cm³/mol. The van der Waals surface area contributed by atoms with Crippen LogP contribution in [0, 0.1) is 6.07 Å². The molecule has 0 atom stereocenters. The molecule has 19 heavy (non-hydrogen) atoms. The smallest absolute Gasteiger partial charge is 0.0379 e. The highest BCUT2D eigenvalue weighted by atomic mass is 79.9. The first-order valence-corrected chi connectivity index (χ1v) is 7.34. The van der Waals surface area contributed by atoms with Crippen LogP contribution >= 0.6 is 15.9 Å². The van der Waals surface area contributed by atoms with Crippen molar-refractivity contribution < 1.29 is 0 Å². The fourth-order valence-electron chi connectivity index (χ4n) is 2.48. The lowest BCUT2D eigenvalue weighted by Crippen LogP contribution is -2.46. The van der Waals surface area contributed by atoms with E-state index in [0.29, 0.717) is 0 Å². The topological polar surface area (TPSA) is 6.48 Å². The van der Waals surface area contributed by atoms with Crippen LogP contribution < -0.4 is 9.80 Å². The van der Waals surface area contributed by atoms with E-state index in [4.69, 9.17) is 0 Å². The second kappa shape index (κ2) is 5.66. The number of nitrogens with zero attached hydrogens (tertiary/aromatic N) is 2. The van der Waals surface area contributed by atoms with Crippen molar-refractivity contribution in [1.29, 1.82) is 0 Å². The molecule has 3 heteroatoms. The Morgan fingerprint density at radius 1 is 0.842 bits per heavy atom. The second-order valence-corrected chi connectivity index (χ2v) is 5.56. The lowest BCUT2D eigenvalue weighted by atomic mass is 10.2. The van der Waals surface area contributed by atoms with Crippen LogP contribution in [-0.4, -0.2) is 26.2 Å². The third kappa shape index (κ3) is 2.92. The van der Waals surface area contributed by atoms with E-state index in [1.807, 2.05) is 6.07 Å². The van der Waals surface area contributed by atoms with E-state index >= 15 is 0 Å². The fraction of sp³-hybridized carbons (Fsp3) is 0.250. The zero-order valence-electron chi connectivity index (χ0n) is 10.7. The van der Waals surface area contributed by atoms with Crippen LogP contribution in [0.1, 0.15) is 0 Å². The lowest BCUT2D eigenvalue weighted by Gasteiger charge is -2.37. The van der Waals surface area contributed by atoms with E-state index < -0.39 is 0 Å². The summed E-state index contributed by atoms with van der Waals surface area (Å²) in [6.45, 7) is 4.26. The maximum absolute atomic E-state index is 3.48. The molecule has 97 valence electrons. The van der Waals surface area contributed by atoms with Gasteiger partial charge in [-0.05, 0) is 30.3 Å². The molecule has 2 nitrogen and oxygen atoms in total. The Labute approximate surface area is 122 Å². The van der Waals surface area contributed by atoms with Gasteiger partial charge in [0.15, 0.2) is 0 Å². The molecule has 0 bridgehead atoms. The van der Waals surface area contributed by atoms with Crippen molar-refractivity contribution in [1.82, 2.24) is 0 Å². The van der Waals surface area contributed by atoms with Crippen molar-refractivity contribution in [3.05, 3.63) is 59.1 Å². The third-order valence-corrected chi connectivity index (χ3v) is 3.97. The summed E-state index contributed by atoms with van der Waals surface area (Å²) in [6.07, 6.45) is 0. The third-order valence-electron chi connectivity index (χ3n) is 3.52. The molecule has 0 unspecified atom stereocenters. The minimum absolute atomic E-state index is 1.02. The molecule has 0 spiro atoms. The zero-order chi connectivity index (χ0) is 13.1. The number of anilines is 2. The first-order valence-electron chi connectivity index (χ1n) is 6.55. The molecule has 0 saturated carbocycles. The van der Waals surface area contributed by atoms with Crippen molar-refractivity contribution in [2.45, 2.75) is 0 Å². The highest BCUT2D eigenvalue weighted by molar-refractivity contribution is 9.10. The number of para-hydroxylation sites is 1. The first kappa shape index (κ1) is 12.5. The molecule has 3 rings (SSSR count). The Morgan fingerprint density at radius 3 is 2.11 bits per heavy atom. The quantitative estimate of drug-likeness (QED) is 0.836. The van der Waals surface area contributed by atoms with Gasteiger partial charge in [0, 0.05) is 42.0 Å². The van der Waals surface area contributed by atoms with Gasteiger partial charge in [0.25, 0.3) is 0 Å². The summed E-state index contributed by atoms with van der Waals surface area (Å²) in [5.41, 5.74) is 2.60. The van der Waals surface area contributed by atoms with E-state index in [0.717, 1.165) is 30.7 Å². The Bertz CT molecular complexity index is 533. The Hall–Kier alpha value is -1.48. The zero-order valence-corrected chi connectivity index (χ0v) is 12.3. The summed E-state index contributed by atoms with van der Waals surface area (Å²) in [5, 5.41) is 0. The summed E-state index contributed by atoms with van der Waals surface area (Å²) in [6, 6.07) is 20.0. The summed E-state index contributed by atoms with van der Waals surface area (Å²) in [4.78, 5) is 4.87. The van der Waals surface area contributed by atoms with Gasteiger partial charge in [-0.15, -0.1) is 0 Å². The van der Waals surface area contributed by atoms with Gasteiger partial charge < -0.3 is 9.80 Å². The average molecular weight is 316 g/mol. The molecule has 1 aliphatic heterocycles. The number of hydrogen-bond donors (Lipinski definition) is 0. The number of hydrogen-bond acceptors (Lipinski definition) is 2. The molecule has 1 radical (unpaired) electrons. The van der Waals surface area contributed by atoms with Crippen molar-refractivity contribution in [3.63, 3.8) is 0 Å². The van der Waals surface area contributed by atoms with Crippen LogP contribution in [0.15, 0.2) is 53.0 Å². The van der Waals surface area contributed by atoms with E-state index in [1.165, 1.54) is 11.4 Å². The van der Waals surface area contributed by atoms with Crippen LogP contribution in [0.25, 0.3) is 0 Å². The predicted octanol–water partition coefficient (Wildman–Crippen LogP) is 3.58. The van der Waals surface area contributed by atoms with Crippen LogP contribution in [0.4, 0.5) is 11.4 Å². The Kier molecular flexibility index (Phi) is 3.74. The molecule has 0 aliphatic carbocycles. The summed E-state index contributed by atoms with van der Waals surface area (Å²) in [5.74, 6) is 0. The SMILES string of the molecule is Brc1[c]ccc(N2CCN(c3ccccc3)CC2)c1. The number of benzene rings is 2. The van der Waals surface area contributed by atoms with E-state index in [-0.39, 0.29) is 0 Å². The second-order valence-electron chi connectivity index (χ2n) is 4.70. The number of halogens is 1. The molecule has 1 fully saturated rings. The minimum atomic E-state index is 1.02. The maximum atomic E-state index is 3.48. The molecule has 1 saturated heterocycles. The van der Waals surface area contributed by atoms with Gasteiger partial charge in [0.1, 0.15) is 0 Å². The highest BCUT2D eigenvalue weighted by Gasteiger charge is 2.17. The van der Waals surface area contributed by atoms with Crippen molar-refractivity contribution in [3.8, 4) is 0 Å². The van der Waals surface area contributed by atoms with Crippen molar-refractivity contribution in [2.75, 3.05) is 36.0 Å². The molecule has 0 N–H and O–H groups in total. The lowest BCUT2D eigenvalue weighted by molar-refractivity contribution is 0.653.